The van der Waals surface area contributed by atoms with Gasteiger partial charge in [-0.2, -0.15) is 0 Å². The molecule has 2 nitrogen and oxygen atoms in total. The second kappa shape index (κ2) is 3.40. The van der Waals surface area contributed by atoms with Crippen molar-refractivity contribution in [2.45, 2.75) is 0 Å². The predicted octanol–water partition coefficient (Wildman–Crippen LogP) is 2.79. The molecule has 0 aliphatic heterocycles. The maximum absolute atomic E-state index is 10.5. The van der Waals surface area contributed by atoms with E-state index in [1.807, 2.05) is 0 Å². The van der Waals surface area contributed by atoms with E-state index in [0.29, 0.717) is 0 Å². The van der Waals surface area contributed by atoms with Crippen LogP contribution < -0.4 is 5.30 Å². The largest absolute Gasteiger partial charge is 0.350 e. The molecule has 11 heavy (non-hydrogen) atoms. The van der Waals surface area contributed by atoms with Crippen LogP contribution in [0.4, 0.5) is 0 Å². The quantitative estimate of drug-likeness (QED) is 0.666. The molecule has 0 atom stereocenters. The Morgan fingerprint density at radius 2 is 1.82 bits per heavy atom. The first-order valence-corrected chi connectivity index (χ1v) is 4.64. The zero-order chi connectivity index (χ0) is 8.43. The summed E-state index contributed by atoms with van der Waals surface area (Å²) < 4.78 is 20.9. The molecule has 1 rings (SSSR count). The molecule has 1 aromatic rings. The first kappa shape index (κ1) is 8.79. The zero-order valence-electron chi connectivity index (χ0n) is 5.25. The number of rotatable bonds is 1. The maximum atomic E-state index is 10.5. The molecule has 0 bridgehead atoms. The van der Waals surface area contributed by atoms with Crippen molar-refractivity contribution in [2.75, 3.05) is 0 Å². The van der Waals surface area contributed by atoms with Gasteiger partial charge in [0.2, 0.25) is 0 Å². The Hall–Kier alpha value is -0.300. The highest BCUT2D eigenvalue weighted by Crippen LogP contribution is 2.23. The van der Waals surface area contributed by atoms with Crippen LogP contribution in [-0.4, -0.2) is 0 Å². The number of benzene rings is 1. The second-order valence-corrected chi connectivity index (χ2v) is 3.61. The molecule has 0 aromatic heterocycles. The summed E-state index contributed by atoms with van der Waals surface area (Å²) in [6.07, 6.45) is 0. The molecule has 0 spiro atoms. The molecule has 0 radical (unpaired) electrons. The number of halogens is 2. The van der Waals surface area contributed by atoms with E-state index in [9.17, 15) is 9.13 Å². The third-order valence-corrected chi connectivity index (χ3v) is 2.84. The highest BCUT2D eigenvalue weighted by Gasteiger charge is 2.07. The van der Waals surface area contributed by atoms with Crippen LogP contribution in [0, 0.1) is 0 Å². The number of hydrogen-bond acceptors (Lipinski definition) is 2. The van der Waals surface area contributed by atoms with Crippen molar-refractivity contribution >= 4 is 36.2 Å². The summed E-state index contributed by atoms with van der Waals surface area (Å²) in [7, 11) is -2.65. The Bertz CT molecular complexity index is 338. The fourth-order valence-corrected chi connectivity index (χ4v) is 1.70. The predicted molar refractivity (Wildman–Crippen MR) is 44.4 cm³/mol. The minimum atomic E-state index is -2.65. The normalized spacial score (nSPS) is 9.64. The average Bonchev–Trinajstić information content (AvgIpc) is 1.94. The lowest BCUT2D eigenvalue weighted by atomic mass is 10.4. The third-order valence-electron chi connectivity index (χ3n) is 1.13. The van der Waals surface area contributed by atoms with Gasteiger partial charge in [-0.1, -0.05) is 29.3 Å². The highest BCUT2D eigenvalue weighted by atomic mass is 35.5. The van der Waals surface area contributed by atoms with Crippen molar-refractivity contribution in [3.8, 4) is 0 Å². The van der Waals surface area contributed by atoms with Crippen LogP contribution in [-0.2, 0) is 9.13 Å². The Labute approximate surface area is 73.9 Å². The van der Waals surface area contributed by atoms with Gasteiger partial charge in [-0.15, -0.1) is 0 Å². The Kier molecular flexibility index (Phi) is 2.72. The average molecular weight is 209 g/mol. The van der Waals surface area contributed by atoms with E-state index in [1.54, 1.807) is 0 Å². The van der Waals surface area contributed by atoms with E-state index < -0.39 is 7.68 Å². The third kappa shape index (κ3) is 1.84. The molecular formula is C6H3Cl2O2P. The van der Waals surface area contributed by atoms with Crippen LogP contribution in [0.25, 0.3) is 0 Å². The molecular weight excluding hydrogens is 206 g/mol. The van der Waals surface area contributed by atoms with Crippen molar-refractivity contribution < 1.29 is 9.13 Å². The van der Waals surface area contributed by atoms with E-state index in [4.69, 9.17) is 23.2 Å². The summed E-state index contributed by atoms with van der Waals surface area (Å²) in [5.41, 5.74) is 0. The molecule has 0 aliphatic carbocycles. The van der Waals surface area contributed by atoms with Crippen molar-refractivity contribution in [3.05, 3.63) is 28.2 Å². The fraction of sp³-hybridized carbons (Fsp3) is 0. The lowest BCUT2D eigenvalue weighted by molar-refractivity contribution is 0.523. The SMILES string of the molecule is O=P(=O)c1cccc(Cl)c1Cl. The molecule has 58 valence electrons. The molecule has 0 heterocycles. The van der Waals surface area contributed by atoms with E-state index >= 15 is 0 Å². The Morgan fingerprint density at radius 1 is 1.18 bits per heavy atom. The van der Waals surface area contributed by atoms with E-state index in [2.05, 4.69) is 0 Å². The standard InChI is InChI=1S/C6H3Cl2O2P/c7-4-2-1-3-5(6(4)8)11(9)10/h1-3H. The number of hydrogen-bond donors (Lipinski definition) is 0. The van der Waals surface area contributed by atoms with Gasteiger partial charge in [-0.05, 0) is 12.1 Å². The first-order valence-electron chi connectivity index (χ1n) is 2.71. The molecule has 0 saturated carbocycles. The zero-order valence-corrected chi connectivity index (χ0v) is 7.66. The van der Waals surface area contributed by atoms with Gasteiger partial charge in [0.05, 0.1) is 15.3 Å². The lowest BCUT2D eigenvalue weighted by Crippen LogP contribution is -1.93. The smallest absolute Gasteiger partial charge is 0.232 e. The van der Waals surface area contributed by atoms with Gasteiger partial charge in [0.25, 0.3) is 0 Å². The highest BCUT2D eigenvalue weighted by molar-refractivity contribution is 7.41. The van der Waals surface area contributed by atoms with E-state index in [1.165, 1.54) is 18.2 Å². The van der Waals surface area contributed by atoms with Gasteiger partial charge < -0.3 is 0 Å². The summed E-state index contributed by atoms with van der Waals surface area (Å²) >= 11 is 11.1. The molecule has 0 N–H and O–H groups in total. The van der Waals surface area contributed by atoms with Crippen LogP contribution in [0.15, 0.2) is 18.2 Å². The Morgan fingerprint density at radius 3 is 2.27 bits per heavy atom. The van der Waals surface area contributed by atoms with E-state index in [0.717, 1.165) is 0 Å². The molecule has 5 heteroatoms. The summed E-state index contributed by atoms with van der Waals surface area (Å²) in [5, 5.41) is 0.405. The summed E-state index contributed by atoms with van der Waals surface area (Å²) in [6, 6.07) is 4.47. The fourth-order valence-electron chi connectivity index (χ4n) is 0.633. The monoisotopic (exact) mass is 208 g/mol. The van der Waals surface area contributed by atoms with Crippen molar-refractivity contribution in [1.29, 1.82) is 0 Å². The molecule has 0 saturated heterocycles. The van der Waals surface area contributed by atoms with Crippen molar-refractivity contribution in [1.82, 2.24) is 0 Å². The van der Waals surface area contributed by atoms with Crippen LogP contribution in [0.1, 0.15) is 0 Å². The van der Waals surface area contributed by atoms with Gasteiger partial charge in [0.1, 0.15) is 0 Å². The molecule has 1 aromatic carbocycles. The van der Waals surface area contributed by atoms with Gasteiger partial charge in [0, 0.05) is 0 Å². The van der Waals surface area contributed by atoms with Crippen molar-refractivity contribution in [2.24, 2.45) is 0 Å². The second-order valence-electron chi connectivity index (χ2n) is 1.83. The van der Waals surface area contributed by atoms with Gasteiger partial charge in [0.15, 0.2) is 0 Å². The summed E-state index contributed by atoms with van der Waals surface area (Å²) in [4.78, 5) is 0. The minimum absolute atomic E-state index is 0.0640. The molecule has 0 amide bonds. The topological polar surface area (TPSA) is 34.1 Å². The van der Waals surface area contributed by atoms with Gasteiger partial charge >= 0.3 is 7.68 Å². The first-order chi connectivity index (χ1) is 5.13. The summed E-state index contributed by atoms with van der Waals surface area (Å²) in [5.74, 6) is 0. The van der Waals surface area contributed by atoms with Gasteiger partial charge in [-0.3, -0.25) is 0 Å². The molecule has 0 fully saturated rings. The minimum Gasteiger partial charge on any atom is -0.232 e. The van der Waals surface area contributed by atoms with Crippen molar-refractivity contribution in [3.63, 3.8) is 0 Å². The van der Waals surface area contributed by atoms with Crippen LogP contribution in [0.3, 0.4) is 0 Å². The van der Waals surface area contributed by atoms with E-state index in [-0.39, 0.29) is 15.3 Å². The molecule has 0 unspecified atom stereocenters. The van der Waals surface area contributed by atoms with Crippen LogP contribution >= 0.6 is 30.9 Å². The maximum Gasteiger partial charge on any atom is 0.350 e. The van der Waals surface area contributed by atoms with Crippen LogP contribution in [0.2, 0.25) is 10.0 Å². The summed E-state index contributed by atoms with van der Waals surface area (Å²) in [6.45, 7) is 0. The Balaban J connectivity index is 3.39. The van der Waals surface area contributed by atoms with Crippen LogP contribution in [0.5, 0.6) is 0 Å². The lowest BCUT2D eigenvalue weighted by Gasteiger charge is -1.94. The van der Waals surface area contributed by atoms with Gasteiger partial charge in [-0.25, -0.2) is 9.13 Å². The molecule has 0 aliphatic rings.